The average molecular weight is 472 g/mol. The second-order valence-corrected chi connectivity index (χ2v) is 10.7. The van der Waals surface area contributed by atoms with Crippen molar-refractivity contribution in [3.63, 3.8) is 0 Å². The fourth-order valence-electron chi connectivity index (χ4n) is 4.30. The van der Waals surface area contributed by atoms with Crippen molar-refractivity contribution in [2.45, 2.75) is 26.3 Å². The maximum absolute atomic E-state index is 12.8. The molecule has 2 heterocycles. The lowest BCUT2D eigenvalue weighted by molar-refractivity contribution is -0.126. The first-order valence-corrected chi connectivity index (χ1v) is 12.7. The lowest BCUT2D eigenvalue weighted by Crippen LogP contribution is -2.41. The number of methoxy groups -OCH3 is 1. The summed E-state index contributed by atoms with van der Waals surface area (Å²) < 4.78 is 32.4. The molecule has 1 fully saturated rings. The lowest BCUT2D eigenvalue weighted by Gasteiger charge is -2.28. The molecule has 0 saturated carbocycles. The Kier molecular flexibility index (Phi) is 6.71. The van der Waals surface area contributed by atoms with Crippen molar-refractivity contribution in [1.29, 1.82) is 0 Å². The Hall–Kier alpha value is -2.91. The molecule has 2 aliphatic heterocycles. The molecule has 0 radical (unpaired) electrons. The van der Waals surface area contributed by atoms with Crippen LogP contribution >= 0.6 is 0 Å². The van der Waals surface area contributed by atoms with Crippen LogP contribution in [0.1, 0.15) is 23.1 Å². The Balaban J connectivity index is 1.29. The number of sulfonamides is 1. The van der Waals surface area contributed by atoms with E-state index in [9.17, 15) is 18.0 Å². The largest absolute Gasteiger partial charge is 0.497 e. The van der Waals surface area contributed by atoms with Crippen LogP contribution in [0.15, 0.2) is 42.5 Å². The molecule has 0 aliphatic carbocycles. The van der Waals surface area contributed by atoms with Gasteiger partial charge in [-0.1, -0.05) is 23.8 Å². The van der Waals surface area contributed by atoms with Crippen molar-refractivity contribution in [3.05, 3.63) is 59.2 Å². The van der Waals surface area contributed by atoms with Crippen LogP contribution in [0.3, 0.4) is 0 Å². The topological polar surface area (TPSA) is 96.0 Å². The molecule has 9 heteroatoms. The number of ether oxygens (including phenoxy) is 1. The highest BCUT2D eigenvalue weighted by atomic mass is 32.2. The SMILES string of the molecule is COc1ccc2c(c1)CCN(S(=O)(=O)CCNC(=O)C1CC(=O)N(c3ccc(C)cc3)C1)C2. The molecule has 0 spiro atoms. The molecule has 0 aromatic heterocycles. The quantitative estimate of drug-likeness (QED) is 0.665. The van der Waals surface area contributed by atoms with Crippen LogP contribution < -0.4 is 15.0 Å². The van der Waals surface area contributed by atoms with Gasteiger partial charge in [-0.25, -0.2) is 8.42 Å². The number of carbonyl (C=O) groups excluding carboxylic acids is 2. The van der Waals surface area contributed by atoms with Crippen LogP contribution in [0.4, 0.5) is 5.69 Å². The number of benzene rings is 2. The summed E-state index contributed by atoms with van der Waals surface area (Å²) in [6.45, 7) is 3.01. The van der Waals surface area contributed by atoms with Gasteiger partial charge in [-0.05, 0) is 48.7 Å². The number of rotatable bonds is 7. The van der Waals surface area contributed by atoms with Gasteiger partial charge in [-0.15, -0.1) is 0 Å². The molecule has 2 aliphatic rings. The van der Waals surface area contributed by atoms with Crippen molar-refractivity contribution >= 4 is 27.5 Å². The molecule has 1 N–H and O–H groups in total. The minimum atomic E-state index is -3.52. The van der Waals surface area contributed by atoms with Gasteiger partial charge in [0.15, 0.2) is 0 Å². The van der Waals surface area contributed by atoms with E-state index in [1.807, 2.05) is 49.4 Å². The van der Waals surface area contributed by atoms with Gasteiger partial charge < -0.3 is 15.0 Å². The van der Waals surface area contributed by atoms with Gasteiger partial charge in [-0.2, -0.15) is 4.31 Å². The number of hydrogen-bond acceptors (Lipinski definition) is 5. The second-order valence-electron chi connectivity index (χ2n) is 8.57. The molecular formula is C24H29N3O5S. The molecule has 2 amide bonds. The number of nitrogens with one attached hydrogen (secondary N) is 1. The molecule has 0 bridgehead atoms. The highest BCUT2D eigenvalue weighted by Crippen LogP contribution is 2.26. The summed E-state index contributed by atoms with van der Waals surface area (Å²) in [5.41, 5.74) is 3.93. The van der Waals surface area contributed by atoms with E-state index < -0.39 is 15.9 Å². The Morgan fingerprint density at radius 3 is 2.64 bits per heavy atom. The summed E-state index contributed by atoms with van der Waals surface area (Å²) in [5.74, 6) is -0.288. The predicted molar refractivity (Wildman–Crippen MR) is 126 cm³/mol. The van der Waals surface area contributed by atoms with Crippen LogP contribution in [0.25, 0.3) is 0 Å². The second kappa shape index (κ2) is 9.52. The highest BCUT2D eigenvalue weighted by Gasteiger charge is 2.35. The maximum Gasteiger partial charge on any atom is 0.227 e. The Morgan fingerprint density at radius 2 is 1.91 bits per heavy atom. The fraction of sp³-hybridized carbons (Fsp3) is 0.417. The molecule has 33 heavy (non-hydrogen) atoms. The summed E-state index contributed by atoms with van der Waals surface area (Å²) in [7, 11) is -1.91. The first kappa shape index (κ1) is 23.3. The number of amides is 2. The summed E-state index contributed by atoms with van der Waals surface area (Å²) in [6.07, 6.45) is 0.746. The molecule has 176 valence electrons. The van der Waals surface area contributed by atoms with E-state index in [1.54, 1.807) is 12.0 Å². The molecular weight excluding hydrogens is 442 g/mol. The van der Waals surface area contributed by atoms with Gasteiger partial charge in [0, 0.05) is 38.3 Å². The smallest absolute Gasteiger partial charge is 0.227 e. The third-order valence-electron chi connectivity index (χ3n) is 6.28. The number of carbonyl (C=O) groups is 2. The number of nitrogens with zero attached hydrogens (tertiary/aromatic N) is 2. The van der Waals surface area contributed by atoms with E-state index in [4.69, 9.17) is 4.74 Å². The standard InChI is InChI=1S/C24H29N3O5S/c1-17-3-6-21(7-4-17)27-16-20(14-23(27)28)24(29)25-10-12-33(30,31)26-11-9-18-13-22(32-2)8-5-19(18)15-26/h3-8,13,20H,9-12,14-16H2,1-2H3,(H,25,29). The number of anilines is 1. The molecule has 2 aromatic rings. The van der Waals surface area contributed by atoms with E-state index >= 15 is 0 Å². The number of fused-ring (bicyclic) bond motifs is 1. The van der Waals surface area contributed by atoms with Crippen molar-refractivity contribution in [2.24, 2.45) is 5.92 Å². The Bertz CT molecular complexity index is 1150. The Labute approximate surface area is 194 Å². The normalized spacial score (nSPS) is 18.8. The third kappa shape index (κ3) is 5.20. The summed E-state index contributed by atoms with van der Waals surface area (Å²) in [4.78, 5) is 26.6. The molecule has 1 unspecified atom stereocenters. The fourth-order valence-corrected chi connectivity index (χ4v) is 5.63. The zero-order valence-corrected chi connectivity index (χ0v) is 19.7. The first-order chi connectivity index (χ1) is 15.8. The van der Waals surface area contributed by atoms with Crippen molar-refractivity contribution in [1.82, 2.24) is 9.62 Å². The third-order valence-corrected chi connectivity index (χ3v) is 8.10. The minimum Gasteiger partial charge on any atom is -0.497 e. The molecule has 4 rings (SSSR count). The molecule has 8 nitrogen and oxygen atoms in total. The summed E-state index contributed by atoms with van der Waals surface area (Å²) in [6, 6.07) is 13.3. The van der Waals surface area contributed by atoms with Crippen LogP contribution in [-0.4, -0.2) is 57.0 Å². The van der Waals surface area contributed by atoms with Crippen molar-refractivity contribution < 1.29 is 22.7 Å². The van der Waals surface area contributed by atoms with Gasteiger partial charge in [0.2, 0.25) is 21.8 Å². The number of aryl methyl sites for hydroxylation is 1. The zero-order valence-electron chi connectivity index (χ0n) is 18.9. The van der Waals surface area contributed by atoms with Crippen LogP contribution in [0.5, 0.6) is 5.75 Å². The number of hydrogen-bond donors (Lipinski definition) is 1. The van der Waals surface area contributed by atoms with E-state index in [0.29, 0.717) is 26.1 Å². The van der Waals surface area contributed by atoms with Crippen molar-refractivity contribution in [3.8, 4) is 5.75 Å². The lowest BCUT2D eigenvalue weighted by atomic mass is 10.0. The Morgan fingerprint density at radius 1 is 1.15 bits per heavy atom. The van der Waals surface area contributed by atoms with Crippen LogP contribution in [0.2, 0.25) is 0 Å². The van der Waals surface area contributed by atoms with Gasteiger partial charge >= 0.3 is 0 Å². The van der Waals surface area contributed by atoms with E-state index in [1.165, 1.54) is 4.31 Å². The molecule has 1 atom stereocenters. The summed E-state index contributed by atoms with van der Waals surface area (Å²) >= 11 is 0. The highest BCUT2D eigenvalue weighted by molar-refractivity contribution is 7.89. The van der Waals surface area contributed by atoms with E-state index in [-0.39, 0.29) is 30.5 Å². The first-order valence-electron chi connectivity index (χ1n) is 11.0. The molecule has 1 saturated heterocycles. The summed E-state index contributed by atoms with van der Waals surface area (Å²) in [5, 5.41) is 2.72. The van der Waals surface area contributed by atoms with Gasteiger partial charge in [-0.3, -0.25) is 9.59 Å². The minimum absolute atomic E-state index is 0.0162. The van der Waals surface area contributed by atoms with Gasteiger partial charge in [0.1, 0.15) is 5.75 Å². The van der Waals surface area contributed by atoms with E-state index in [0.717, 1.165) is 28.1 Å². The maximum atomic E-state index is 12.8. The van der Waals surface area contributed by atoms with Gasteiger partial charge in [0.05, 0.1) is 18.8 Å². The zero-order chi connectivity index (χ0) is 23.6. The van der Waals surface area contributed by atoms with Crippen LogP contribution in [-0.2, 0) is 32.6 Å². The van der Waals surface area contributed by atoms with Crippen LogP contribution in [0, 0.1) is 12.8 Å². The monoisotopic (exact) mass is 471 g/mol. The van der Waals surface area contributed by atoms with Crippen molar-refractivity contribution in [2.75, 3.05) is 37.4 Å². The predicted octanol–water partition coefficient (Wildman–Crippen LogP) is 1.86. The van der Waals surface area contributed by atoms with Gasteiger partial charge in [0.25, 0.3) is 0 Å². The van der Waals surface area contributed by atoms with E-state index in [2.05, 4.69) is 5.32 Å². The average Bonchev–Trinajstić information content (AvgIpc) is 3.20. The molecule has 2 aromatic carbocycles.